The van der Waals surface area contributed by atoms with Crippen LogP contribution in [0.3, 0.4) is 0 Å². The van der Waals surface area contributed by atoms with Gasteiger partial charge in [-0.15, -0.1) is 0 Å². The van der Waals surface area contributed by atoms with Crippen molar-refractivity contribution in [3.05, 3.63) is 94.5 Å². The molecule has 3 aromatic rings. The number of aromatic nitrogens is 1. The SMILES string of the molecule is CCOC(=O)C1=C(C)OC(N)=C(C#N)C1c1ccc2c(ccn2Cc2ccccc2F)c1. The zero-order chi connectivity index (χ0) is 22.8. The van der Waals surface area contributed by atoms with Crippen molar-refractivity contribution in [3.63, 3.8) is 0 Å². The van der Waals surface area contributed by atoms with Crippen LogP contribution in [0.2, 0.25) is 0 Å². The Kier molecular flexibility index (Phi) is 5.69. The number of nitrogens with zero attached hydrogens (tertiary/aromatic N) is 2. The summed E-state index contributed by atoms with van der Waals surface area (Å²) in [4.78, 5) is 12.7. The predicted octanol–water partition coefficient (Wildman–Crippen LogP) is 4.47. The molecular formula is C25H22FN3O3. The fraction of sp³-hybridized carbons (Fsp3) is 0.200. The lowest BCUT2D eigenvalue weighted by molar-refractivity contribution is -0.139. The molecule has 162 valence electrons. The molecule has 2 aromatic carbocycles. The summed E-state index contributed by atoms with van der Waals surface area (Å²) in [7, 11) is 0. The maximum Gasteiger partial charge on any atom is 0.338 e. The second-order valence-electron chi connectivity index (χ2n) is 7.47. The van der Waals surface area contributed by atoms with Gasteiger partial charge in [0.15, 0.2) is 0 Å². The number of esters is 1. The van der Waals surface area contributed by atoms with Crippen LogP contribution in [0.25, 0.3) is 10.9 Å². The molecular weight excluding hydrogens is 409 g/mol. The van der Waals surface area contributed by atoms with Crippen LogP contribution < -0.4 is 5.73 Å². The van der Waals surface area contributed by atoms with E-state index in [2.05, 4.69) is 6.07 Å². The first-order chi connectivity index (χ1) is 15.4. The number of carbonyl (C=O) groups is 1. The highest BCUT2D eigenvalue weighted by Crippen LogP contribution is 2.40. The van der Waals surface area contributed by atoms with Crippen molar-refractivity contribution in [2.24, 2.45) is 5.73 Å². The fourth-order valence-electron chi connectivity index (χ4n) is 4.03. The van der Waals surface area contributed by atoms with Crippen LogP contribution in [0.1, 0.15) is 30.9 Å². The third kappa shape index (κ3) is 3.71. The number of benzene rings is 2. The molecule has 7 heteroatoms. The minimum Gasteiger partial charge on any atom is -0.463 e. The molecule has 0 amide bonds. The molecule has 1 aliphatic heterocycles. The molecule has 4 rings (SSSR count). The molecule has 6 nitrogen and oxygen atoms in total. The van der Waals surface area contributed by atoms with E-state index in [1.165, 1.54) is 6.07 Å². The number of nitriles is 1. The van der Waals surface area contributed by atoms with Gasteiger partial charge in [-0.3, -0.25) is 0 Å². The highest BCUT2D eigenvalue weighted by molar-refractivity contribution is 5.93. The van der Waals surface area contributed by atoms with Gasteiger partial charge < -0.3 is 19.8 Å². The summed E-state index contributed by atoms with van der Waals surface area (Å²) in [5.74, 6) is -1.23. The summed E-state index contributed by atoms with van der Waals surface area (Å²) in [6.45, 7) is 3.92. The van der Waals surface area contributed by atoms with Gasteiger partial charge in [-0.25, -0.2) is 9.18 Å². The summed E-state index contributed by atoms with van der Waals surface area (Å²) in [6, 6.07) is 16.3. The Morgan fingerprint density at radius 2 is 2.06 bits per heavy atom. The zero-order valence-electron chi connectivity index (χ0n) is 17.8. The first kappa shape index (κ1) is 21.2. The van der Waals surface area contributed by atoms with Gasteiger partial charge in [0, 0.05) is 17.3 Å². The maximum atomic E-state index is 14.1. The Labute approximate surface area is 185 Å². The lowest BCUT2D eigenvalue weighted by Gasteiger charge is -2.27. The first-order valence-electron chi connectivity index (χ1n) is 10.2. The van der Waals surface area contributed by atoms with Gasteiger partial charge in [-0.1, -0.05) is 24.3 Å². The number of hydrogen-bond acceptors (Lipinski definition) is 5. The Balaban J connectivity index is 1.77. The normalized spacial score (nSPS) is 16.1. The summed E-state index contributed by atoms with van der Waals surface area (Å²) in [5.41, 5.74) is 8.58. The third-order valence-electron chi connectivity index (χ3n) is 5.53. The number of halogens is 1. The Morgan fingerprint density at radius 1 is 1.28 bits per heavy atom. The van der Waals surface area contributed by atoms with Crippen LogP contribution in [-0.2, 0) is 20.8 Å². The molecule has 0 saturated carbocycles. The molecule has 0 fully saturated rings. The van der Waals surface area contributed by atoms with Crippen LogP contribution in [0.4, 0.5) is 4.39 Å². The zero-order valence-corrected chi connectivity index (χ0v) is 17.8. The number of rotatable bonds is 5. The molecule has 32 heavy (non-hydrogen) atoms. The molecule has 2 N–H and O–H groups in total. The van der Waals surface area contributed by atoms with E-state index < -0.39 is 11.9 Å². The molecule has 1 atom stereocenters. The first-order valence-corrected chi connectivity index (χ1v) is 10.2. The van der Waals surface area contributed by atoms with E-state index in [-0.39, 0.29) is 29.5 Å². The molecule has 0 radical (unpaired) electrons. The number of allylic oxidation sites excluding steroid dienone is 2. The number of ether oxygens (including phenoxy) is 2. The van der Waals surface area contributed by atoms with E-state index in [1.54, 1.807) is 32.0 Å². The van der Waals surface area contributed by atoms with Crippen molar-refractivity contribution in [2.75, 3.05) is 6.61 Å². The highest BCUT2D eigenvalue weighted by Gasteiger charge is 2.36. The third-order valence-corrected chi connectivity index (χ3v) is 5.53. The molecule has 0 bridgehead atoms. The standard InChI is InChI=1S/C25H22FN3O3/c1-3-31-25(30)22-15(2)32-24(28)19(13-27)23(22)17-8-9-21-16(12-17)10-11-29(21)14-18-6-4-5-7-20(18)26/h4-12,23H,3,14,28H2,1-2H3. The van der Waals surface area contributed by atoms with E-state index in [1.807, 2.05) is 35.0 Å². The maximum absolute atomic E-state index is 14.1. The number of hydrogen-bond donors (Lipinski definition) is 1. The average molecular weight is 431 g/mol. The summed E-state index contributed by atoms with van der Waals surface area (Å²) in [6.07, 6.45) is 1.88. The van der Waals surface area contributed by atoms with E-state index in [4.69, 9.17) is 15.2 Å². The largest absolute Gasteiger partial charge is 0.463 e. The van der Waals surface area contributed by atoms with Gasteiger partial charge in [0.1, 0.15) is 23.2 Å². The Bertz CT molecular complexity index is 1310. The lowest BCUT2D eigenvalue weighted by atomic mass is 9.83. The van der Waals surface area contributed by atoms with Crippen molar-refractivity contribution < 1.29 is 18.7 Å². The van der Waals surface area contributed by atoms with Crippen molar-refractivity contribution in [2.45, 2.75) is 26.3 Å². The summed E-state index contributed by atoms with van der Waals surface area (Å²) in [5, 5.41) is 10.6. The predicted molar refractivity (Wildman–Crippen MR) is 117 cm³/mol. The molecule has 1 aromatic heterocycles. The second kappa shape index (κ2) is 8.60. The Hall–Kier alpha value is -4.05. The van der Waals surface area contributed by atoms with Crippen LogP contribution in [0.15, 0.2) is 77.5 Å². The van der Waals surface area contributed by atoms with E-state index >= 15 is 0 Å². The van der Waals surface area contributed by atoms with Gasteiger partial charge in [0.2, 0.25) is 5.88 Å². The van der Waals surface area contributed by atoms with Crippen molar-refractivity contribution >= 4 is 16.9 Å². The number of carbonyl (C=O) groups excluding carboxylic acids is 1. The monoisotopic (exact) mass is 431 g/mol. The van der Waals surface area contributed by atoms with Crippen LogP contribution >= 0.6 is 0 Å². The minimum atomic E-state index is -0.702. The molecule has 0 aliphatic carbocycles. The van der Waals surface area contributed by atoms with E-state index in [0.717, 1.165) is 10.9 Å². The molecule has 2 heterocycles. The minimum absolute atomic E-state index is 0.0275. The van der Waals surface area contributed by atoms with Gasteiger partial charge in [0.05, 0.1) is 24.6 Å². The van der Waals surface area contributed by atoms with Crippen molar-refractivity contribution in [3.8, 4) is 6.07 Å². The van der Waals surface area contributed by atoms with Crippen LogP contribution in [-0.4, -0.2) is 17.1 Å². The summed E-state index contributed by atoms with van der Waals surface area (Å²) >= 11 is 0. The number of nitrogens with two attached hydrogens (primary N) is 1. The van der Waals surface area contributed by atoms with Crippen molar-refractivity contribution in [1.82, 2.24) is 4.57 Å². The smallest absolute Gasteiger partial charge is 0.338 e. The van der Waals surface area contributed by atoms with Crippen molar-refractivity contribution in [1.29, 1.82) is 5.26 Å². The second-order valence-corrected chi connectivity index (χ2v) is 7.47. The average Bonchev–Trinajstić information content (AvgIpc) is 3.17. The van der Waals surface area contributed by atoms with Gasteiger partial charge in [0.25, 0.3) is 0 Å². The molecule has 1 unspecified atom stereocenters. The quantitative estimate of drug-likeness (QED) is 0.602. The highest BCUT2D eigenvalue weighted by atomic mass is 19.1. The fourth-order valence-corrected chi connectivity index (χ4v) is 4.03. The Morgan fingerprint density at radius 3 is 2.78 bits per heavy atom. The van der Waals surface area contributed by atoms with Gasteiger partial charge >= 0.3 is 5.97 Å². The molecule has 0 saturated heterocycles. The number of fused-ring (bicyclic) bond motifs is 1. The molecule has 1 aliphatic rings. The summed E-state index contributed by atoms with van der Waals surface area (Å²) < 4.78 is 26.7. The lowest BCUT2D eigenvalue weighted by Crippen LogP contribution is -2.25. The van der Waals surface area contributed by atoms with Gasteiger partial charge in [-0.2, -0.15) is 5.26 Å². The van der Waals surface area contributed by atoms with Crippen LogP contribution in [0, 0.1) is 17.1 Å². The molecule has 0 spiro atoms. The van der Waals surface area contributed by atoms with Gasteiger partial charge in [-0.05, 0) is 49.1 Å². The van der Waals surface area contributed by atoms with Crippen LogP contribution in [0.5, 0.6) is 0 Å². The van der Waals surface area contributed by atoms with E-state index in [0.29, 0.717) is 23.4 Å². The van der Waals surface area contributed by atoms with E-state index in [9.17, 15) is 14.4 Å². The topological polar surface area (TPSA) is 90.3 Å².